The van der Waals surface area contributed by atoms with Crippen LogP contribution in [0.5, 0.6) is 0 Å². The highest BCUT2D eigenvalue weighted by Gasteiger charge is 2.41. The molecule has 2 atom stereocenters. The molecule has 2 aromatic carbocycles. The van der Waals surface area contributed by atoms with Crippen molar-refractivity contribution in [3.05, 3.63) is 65.1 Å². The van der Waals surface area contributed by atoms with Crippen molar-refractivity contribution in [1.82, 2.24) is 14.9 Å². The number of halogens is 2. The number of carbonyl (C=O) groups is 1. The Morgan fingerprint density at radius 1 is 1.08 bits per heavy atom. The SMILES string of the molecule is CC1CN(c2ccc(Nc3ncc4c(n3)N3CCN=C3N(c3c(F)cccc3Cl)C4=O)cc2)C[C@H](C)N1C. The van der Waals surface area contributed by atoms with Gasteiger partial charge in [0.1, 0.15) is 17.1 Å². The fourth-order valence-electron chi connectivity index (χ4n) is 5.23. The van der Waals surface area contributed by atoms with E-state index in [0.29, 0.717) is 42.9 Å². The number of fused-ring (bicyclic) bond motifs is 3. The summed E-state index contributed by atoms with van der Waals surface area (Å²) in [5, 5.41) is 3.37. The van der Waals surface area contributed by atoms with Crippen molar-refractivity contribution in [2.45, 2.75) is 25.9 Å². The fraction of sp³-hybridized carbons (Fsp3) is 0.333. The Bertz CT molecular complexity index is 1400. The molecule has 1 fully saturated rings. The number of hydrogen-bond donors (Lipinski definition) is 1. The first kappa shape index (κ1) is 24.6. The lowest BCUT2D eigenvalue weighted by Gasteiger charge is -2.43. The summed E-state index contributed by atoms with van der Waals surface area (Å²) in [5.41, 5.74) is 2.23. The molecule has 9 nitrogen and oxygen atoms in total. The number of likely N-dealkylation sites (N-methyl/N-ethyl adjacent to an activating group) is 1. The van der Waals surface area contributed by atoms with Gasteiger partial charge in [0, 0.05) is 49.3 Å². The van der Waals surface area contributed by atoms with Crippen LogP contribution >= 0.6 is 11.6 Å². The number of aromatic nitrogens is 2. The first-order valence-electron chi connectivity index (χ1n) is 12.6. The first-order valence-corrected chi connectivity index (χ1v) is 13.0. The monoisotopic (exact) mass is 534 g/mol. The van der Waals surface area contributed by atoms with Crippen LogP contribution < -0.4 is 20.0 Å². The van der Waals surface area contributed by atoms with Crippen molar-refractivity contribution in [1.29, 1.82) is 0 Å². The van der Waals surface area contributed by atoms with Crippen LogP contribution in [0, 0.1) is 5.82 Å². The Labute approximate surface area is 225 Å². The molecule has 3 aliphatic rings. The maximum atomic E-state index is 14.8. The number of amides is 1. The number of nitrogens with zero attached hydrogens (tertiary/aromatic N) is 7. The Balaban J connectivity index is 1.25. The third-order valence-corrected chi connectivity index (χ3v) is 7.79. The average molecular weight is 535 g/mol. The molecule has 3 aromatic rings. The first-order chi connectivity index (χ1) is 18.3. The van der Waals surface area contributed by atoms with Gasteiger partial charge in [0.05, 0.1) is 11.6 Å². The van der Waals surface area contributed by atoms with Gasteiger partial charge in [0.2, 0.25) is 11.9 Å². The van der Waals surface area contributed by atoms with Crippen LogP contribution in [0.2, 0.25) is 5.02 Å². The predicted molar refractivity (Wildman–Crippen MR) is 149 cm³/mol. The molecular weight excluding hydrogens is 507 g/mol. The number of rotatable bonds is 4. The van der Waals surface area contributed by atoms with E-state index in [-0.39, 0.29) is 16.3 Å². The van der Waals surface area contributed by atoms with Crippen LogP contribution in [0.25, 0.3) is 0 Å². The van der Waals surface area contributed by atoms with Gasteiger partial charge in [0.15, 0.2) is 5.82 Å². The van der Waals surface area contributed by atoms with Crippen molar-refractivity contribution >= 4 is 52.3 Å². The zero-order chi connectivity index (χ0) is 26.6. The zero-order valence-corrected chi connectivity index (χ0v) is 22.2. The molecule has 0 aliphatic carbocycles. The molecule has 1 N–H and O–H groups in total. The second kappa shape index (κ2) is 9.52. The second-order valence-electron chi connectivity index (χ2n) is 9.92. The summed E-state index contributed by atoms with van der Waals surface area (Å²) < 4.78 is 14.8. The van der Waals surface area contributed by atoms with Gasteiger partial charge in [-0.15, -0.1) is 0 Å². The quantitative estimate of drug-likeness (QED) is 0.532. The molecule has 38 heavy (non-hydrogen) atoms. The number of carbonyl (C=O) groups excluding carboxylic acids is 1. The maximum Gasteiger partial charge on any atom is 0.270 e. The number of piperazine rings is 1. The standard InChI is InChI=1S/C27H28ClFN8O/c1-16-14-35(15-17(2)34(16)3)19-9-7-18(8-10-19)32-26-31-13-20-24(33-26)36-12-11-30-27(36)37(25(20)38)23-21(28)5-4-6-22(23)29/h4-10,13,16-17H,11-12,14-15H2,1-3H3,(H,31,32,33)/t16-,17?/m0/s1. The van der Waals surface area contributed by atoms with Crippen LogP contribution in [0.4, 0.5) is 33.2 Å². The van der Waals surface area contributed by atoms with Crippen molar-refractivity contribution in [3.63, 3.8) is 0 Å². The van der Waals surface area contributed by atoms with E-state index in [1.54, 1.807) is 11.0 Å². The van der Waals surface area contributed by atoms with Crippen molar-refractivity contribution in [2.24, 2.45) is 4.99 Å². The van der Waals surface area contributed by atoms with E-state index in [1.165, 1.54) is 28.9 Å². The molecule has 1 saturated heterocycles. The van der Waals surface area contributed by atoms with Gasteiger partial charge in [-0.05, 0) is 57.3 Å². The highest BCUT2D eigenvalue weighted by molar-refractivity contribution is 6.38. The minimum atomic E-state index is -0.605. The van der Waals surface area contributed by atoms with Crippen LogP contribution in [-0.4, -0.2) is 72.0 Å². The van der Waals surface area contributed by atoms with Crippen LogP contribution in [0.1, 0.15) is 24.2 Å². The molecule has 196 valence electrons. The Morgan fingerprint density at radius 2 is 1.82 bits per heavy atom. The van der Waals surface area contributed by atoms with Crippen molar-refractivity contribution in [3.8, 4) is 0 Å². The summed E-state index contributed by atoms with van der Waals surface area (Å²) in [6.45, 7) is 7.40. The zero-order valence-electron chi connectivity index (χ0n) is 21.4. The van der Waals surface area contributed by atoms with Crippen molar-refractivity contribution in [2.75, 3.05) is 53.2 Å². The number of benzene rings is 2. The minimum Gasteiger partial charge on any atom is -0.368 e. The normalized spacial score (nSPS) is 21.3. The summed E-state index contributed by atoms with van der Waals surface area (Å²) in [6, 6.07) is 13.5. The predicted octanol–water partition coefficient (Wildman–Crippen LogP) is 4.38. The molecule has 0 radical (unpaired) electrons. The van der Waals surface area contributed by atoms with Gasteiger partial charge in [-0.1, -0.05) is 17.7 Å². The van der Waals surface area contributed by atoms with E-state index in [9.17, 15) is 9.18 Å². The maximum absolute atomic E-state index is 14.8. The van der Waals surface area contributed by atoms with E-state index in [4.69, 9.17) is 11.6 Å². The molecule has 1 aromatic heterocycles. The van der Waals surface area contributed by atoms with Crippen LogP contribution in [0.3, 0.4) is 0 Å². The Morgan fingerprint density at radius 3 is 2.53 bits per heavy atom. The molecule has 6 rings (SSSR count). The summed E-state index contributed by atoms with van der Waals surface area (Å²) >= 11 is 6.29. The smallest absolute Gasteiger partial charge is 0.270 e. The van der Waals surface area contributed by atoms with Gasteiger partial charge in [0.25, 0.3) is 5.91 Å². The average Bonchev–Trinajstić information content (AvgIpc) is 3.39. The topological polar surface area (TPSA) is 80.2 Å². The van der Waals surface area contributed by atoms with Gasteiger partial charge in [-0.2, -0.15) is 4.98 Å². The largest absolute Gasteiger partial charge is 0.368 e. The number of aliphatic imine (C=N–C) groups is 1. The molecule has 0 saturated carbocycles. The molecule has 1 amide bonds. The van der Waals surface area contributed by atoms with Crippen molar-refractivity contribution < 1.29 is 9.18 Å². The van der Waals surface area contributed by atoms with Crippen LogP contribution in [-0.2, 0) is 0 Å². The van der Waals surface area contributed by atoms with E-state index < -0.39 is 11.7 Å². The number of hydrogen-bond acceptors (Lipinski definition) is 8. The van der Waals surface area contributed by atoms with E-state index in [1.807, 2.05) is 12.1 Å². The summed E-state index contributed by atoms with van der Waals surface area (Å²) in [4.78, 5) is 34.8. The number of anilines is 5. The van der Waals surface area contributed by atoms with Gasteiger partial charge in [-0.3, -0.25) is 19.6 Å². The fourth-order valence-corrected chi connectivity index (χ4v) is 5.48. The summed E-state index contributed by atoms with van der Waals surface area (Å²) in [5.74, 6) is 0.0147. The van der Waals surface area contributed by atoms with E-state index >= 15 is 0 Å². The Kier molecular flexibility index (Phi) is 6.16. The number of guanidine groups is 1. The lowest BCUT2D eigenvalue weighted by Crippen LogP contribution is -2.55. The lowest BCUT2D eigenvalue weighted by atomic mass is 10.1. The molecule has 0 bridgehead atoms. The van der Waals surface area contributed by atoms with Gasteiger partial charge >= 0.3 is 0 Å². The molecule has 11 heteroatoms. The highest BCUT2D eigenvalue weighted by Crippen LogP contribution is 2.37. The van der Waals surface area contributed by atoms with Gasteiger partial charge < -0.3 is 10.2 Å². The van der Waals surface area contributed by atoms with Crippen LogP contribution in [0.15, 0.2) is 53.7 Å². The minimum absolute atomic E-state index is 0.0260. The molecule has 3 aliphatic heterocycles. The highest BCUT2D eigenvalue weighted by atomic mass is 35.5. The summed E-state index contributed by atoms with van der Waals surface area (Å²) in [6.07, 6.45) is 1.46. The second-order valence-corrected chi connectivity index (χ2v) is 10.3. The summed E-state index contributed by atoms with van der Waals surface area (Å²) in [7, 11) is 2.18. The number of nitrogens with one attached hydrogen (secondary N) is 1. The van der Waals surface area contributed by atoms with Gasteiger partial charge in [-0.25, -0.2) is 14.3 Å². The molecule has 4 heterocycles. The number of para-hydroxylation sites is 1. The molecule has 1 unspecified atom stereocenters. The molecule has 0 spiro atoms. The van der Waals surface area contributed by atoms with E-state index in [2.05, 4.69) is 63.1 Å². The van der Waals surface area contributed by atoms with E-state index in [0.717, 1.165) is 18.8 Å². The Hall–Kier alpha value is -3.76. The third kappa shape index (κ3) is 4.13. The lowest BCUT2D eigenvalue weighted by molar-refractivity contribution is 0.0999. The third-order valence-electron chi connectivity index (χ3n) is 7.49. The molecular formula is C27H28ClFN8O.